The molecule has 0 aromatic heterocycles. The molecule has 1 aliphatic heterocycles. The normalized spacial score (nSPS) is 23.7. The fourth-order valence-electron chi connectivity index (χ4n) is 6.04. The fraction of sp³-hybridized carbons (Fsp3) is 0.828. The number of aliphatic carboxylic acids is 1. The Hall–Kier alpha value is -2.65. The number of likely N-dealkylation sites (tertiary alicyclic amines) is 1. The molecular formula is C29H47N3O7. The van der Waals surface area contributed by atoms with Gasteiger partial charge in [-0.3, -0.25) is 14.4 Å². The van der Waals surface area contributed by atoms with Crippen molar-refractivity contribution >= 4 is 29.7 Å². The van der Waals surface area contributed by atoms with Crippen LogP contribution in [0.4, 0.5) is 4.79 Å². The highest BCUT2D eigenvalue weighted by Gasteiger charge is 2.47. The van der Waals surface area contributed by atoms with Crippen LogP contribution in [0.25, 0.3) is 0 Å². The van der Waals surface area contributed by atoms with Crippen LogP contribution in [0.3, 0.4) is 0 Å². The van der Waals surface area contributed by atoms with E-state index in [1.165, 1.54) is 0 Å². The summed E-state index contributed by atoms with van der Waals surface area (Å²) in [5, 5.41) is 14.9. The molecule has 1 saturated heterocycles. The summed E-state index contributed by atoms with van der Waals surface area (Å²) in [5.41, 5.74) is -0.727. The number of Topliss-reactive ketones (excluding diaryl/α,β-unsaturated/α-hetero) is 1. The van der Waals surface area contributed by atoms with E-state index in [-0.39, 0.29) is 30.1 Å². The third-order valence-corrected chi connectivity index (χ3v) is 8.32. The van der Waals surface area contributed by atoms with E-state index in [1.807, 2.05) is 13.8 Å². The Labute approximate surface area is 232 Å². The molecule has 1 heterocycles. The van der Waals surface area contributed by atoms with Gasteiger partial charge >= 0.3 is 12.1 Å². The highest BCUT2D eigenvalue weighted by molar-refractivity contribution is 6.35. The molecule has 1 unspecified atom stereocenters. The standard InChI is InChI=1S/C29H47N3O7/c1-17(2)20-15-16-32(23(20)25(34)30-21(24(33)27(36)37)14-13-18-11-12-18)26(35)22(19-9-7-6-8-10-19)31-28(38)39-29(3,4)5/h17-23H,6-16H2,1-5H3,(H,30,34)(H,31,38)(H,36,37)/t20-,21?,22+,23+/m1/s1. The Balaban J connectivity index is 1.83. The van der Waals surface area contributed by atoms with Crippen LogP contribution in [0, 0.1) is 23.7 Å². The summed E-state index contributed by atoms with van der Waals surface area (Å²) in [6, 6.07) is -2.81. The maximum absolute atomic E-state index is 14.1. The molecule has 39 heavy (non-hydrogen) atoms. The van der Waals surface area contributed by atoms with Gasteiger partial charge in [0.25, 0.3) is 5.78 Å². The minimum absolute atomic E-state index is 0.0690. The summed E-state index contributed by atoms with van der Waals surface area (Å²) in [6.45, 7) is 9.61. The van der Waals surface area contributed by atoms with E-state index in [2.05, 4.69) is 10.6 Å². The van der Waals surface area contributed by atoms with Gasteiger partial charge in [-0.05, 0) is 76.5 Å². The predicted octanol–water partition coefficient (Wildman–Crippen LogP) is 3.66. The molecule has 3 amide bonds. The molecule has 0 bridgehead atoms. The molecule has 0 radical (unpaired) electrons. The number of amides is 3. The molecule has 3 aliphatic rings. The van der Waals surface area contributed by atoms with Gasteiger partial charge < -0.3 is 25.4 Å². The minimum Gasteiger partial charge on any atom is -0.475 e. The summed E-state index contributed by atoms with van der Waals surface area (Å²) in [6.07, 6.45) is 7.56. The second-order valence-electron chi connectivity index (χ2n) is 12.9. The molecule has 3 fully saturated rings. The van der Waals surface area contributed by atoms with Crippen LogP contribution in [0.1, 0.15) is 98.8 Å². The van der Waals surface area contributed by atoms with Crippen molar-refractivity contribution < 1.29 is 33.8 Å². The van der Waals surface area contributed by atoms with Crippen molar-refractivity contribution in [3.8, 4) is 0 Å². The number of hydrogen-bond acceptors (Lipinski definition) is 6. The van der Waals surface area contributed by atoms with E-state index in [1.54, 1.807) is 25.7 Å². The maximum Gasteiger partial charge on any atom is 0.408 e. The van der Waals surface area contributed by atoms with Crippen molar-refractivity contribution in [2.45, 2.75) is 123 Å². The summed E-state index contributed by atoms with van der Waals surface area (Å²) >= 11 is 0. The number of alkyl carbamates (subject to hydrolysis) is 1. The molecular weight excluding hydrogens is 502 g/mol. The fourth-order valence-corrected chi connectivity index (χ4v) is 6.04. The Morgan fingerprint density at radius 2 is 1.59 bits per heavy atom. The highest BCUT2D eigenvalue weighted by atomic mass is 16.6. The third kappa shape index (κ3) is 8.67. The lowest BCUT2D eigenvalue weighted by atomic mass is 9.83. The largest absolute Gasteiger partial charge is 0.475 e. The minimum atomic E-state index is -1.57. The average Bonchev–Trinajstić information content (AvgIpc) is 3.58. The van der Waals surface area contributed by atoms with Gasteiger partial charge in [-0.1, -0.05) is 46.0 Å². The number of carbonyl (C=O) groups is 5. The zero-order valence-corrected chi connectivity index (χ0v) is 24.2. The molecule has 220 valence electrons. The Morgan fingerprint density at radius 3 is 2.13 bits per heavy atom. The zero-order valence-electron chi connectivity index (χ0n) is 24.2. The lowest BCUT2D eigenvalue weighted by molar-refractivity contribution is -0.151. The van der Waals surface area contributed by atoms with E-state index in [4.69, 9.17) is 4.74 Å². The number of carboxylic acid groups (broad SMARTS) is 1. The summed E-state index contributed by atoms with van der Waals surface area (Å²) in [4.78, 5) is 66.1. The number of ether oxygens (including phenoxy) is 1. The van der Waals surface area contributed by atoms with Crippen molar-refractivity contribution in [1.29, 1.82) is 0 Å². The smallest absolute Gasteiger partial charge is 0.408 e. The molecule has 0 aromatic carbocycles. The SMILES string of the molecule is CC(C)[C@H]1CCN(C(=O)[C@@H](NC(=O)OC(C)(C)C)C2CCCCC2)[C@@H]1C(=O)NC(CCC1CC1)C(=O)C(=O)O. The van der Waals surface area contributed by atoms with Crippen LogP contribution in [-0.4, -0.2) is 69.9 Å². The van der Waals surface area contributed by atoms with Crippen molar-refractivity contribution in [3.63, 3.8) is 0 Å². The number of ketones is 1. The maximum atomic E-state index is 14.1. The number of nitrogens with zero attached hydrogens (tertiary/aromatic N) is 1. The van der Waals surface area contributed by atoms with Crippen molar-refractivity contribution in [3.05, 3.63) is 0 Å². The summed E-state index contributed by atoms with van der Waals surface area (Å²) < 4.78 is 5.46. The van der Waals surface area contributed by atoms with Crippen molar-refractivity contribution in [2.75, 3.05) is 6.54 Å². The second-order valence-corrected chi connectivity index (χ2v) is 12.9. The van der Waals surface area contributed by atoms with Gasteiger partial charge in [-0.25, -0.2) is 9.59 Å². The van der Waals surface area contributed by atoms with E-state index in [9.17, 15) is 29.1 Å². The third-order valence-electron chi connectivity index (χ3n) is 8.32. The summed E-state index contributed by atoms with van der Waals surface area (Å²) in [7, 11) is 0. The Morgan fingerprint density at radius 1 is 0.949 bits per heavy atom. The molecule has 2 aliphatic carbocycles. The van der Waals surface area contributed by atoms with Crippen molar-refractivity contribution in [2.24, 2.45) is 23.7 Å². The predicted molar refractivity (Wildman–Crippen MR) is 145 cm³/mol. The summed E-state index contributed by atoms with van der Waals surface area (Å²) in [5.74, 6) is -3.13. The van der Waals surface area contributed by atoms with Crippen LogP contribution < -0.4 is 10.6 Å². The first kappa shape index (κ1) is 30.9. The molecule has 10 nitrogen and oxygen atoms in total. The highest BCUT2D eigenvalue weighted by Crippen LogP contribution is 2.35. The molecule has 2 saturated carbocycles. The Kier molecular flexibility index (Phi) is 10.4. The zero-order chi connectivity index (χ0) is 28.9. The van der Waals surface area contributed by atoms with E-state index in [0.29, 0.717) is 25.3 Å². The molecule has 10 heteroatoms. The quantitative estimate of drug-likeness (QED) is 0.334. The van der Waals surface area contributed by atoms with Gasteiger partial charge in [0.05, 0.1) is 6.04 Å². The van der Waals surface area contributed by atoms with Gasteiger partial charge in [0.15, 0.2) is 0 Å². The van der Waals surface area contributed by atoms with Crippen LogP contribution in [0.2, 0.25) is 0 Å². The van der Waals surface area contributed by atoms with Crippen LogP contribution >= 0.6 is 0 Å². The van der Waals surface area contributed by atoms with E-state index in [0.717, 1.165) is 44.9 Å². The Bertz CT molecular complexity index is 918. The van der Waals surface area contributed by atoms with Gasteiger partial charge in [-0.15, -0.1) is 0 Å². The first-order valence-corrected chi connectivity index (χ1v) is 14.7. The molecule has 0 aromatic rings. The van der Waals surface area contributed by atoms with Crippen LogP contribution in [0.15, 0.2) is 0 Å². The lowest BCUT2D eigenvalue weighted by Crippen LogP contribution is -2.59. The molecule has 3 rings (SSSR count). The number of rotatable bonds is 11. The van der Waals surface area contributed by atoms with E-state index < -0.39 is 47.5 Å². The second kappa shape index (κ2) is 13.1. The molecule has 0 spiro atoms. The van der Waals surface area contributed by atoms with Crippen LogP contribution in [-0.2, 0) is 23.9 Å². The number of carbonyl (C=O) groups excluding carboxylic acids is 4. The van der Waals surface area contributed by atoms with Crippen molar-refractivity contribution in [1.82, 2.24) is 15.5 Å². The van der Waals surface area contributed by atoms with Crippen LogP contribution in [0.5, 0.6) is 0 Å². The number of hydrogen-bond donors (Lipinski definition) is 3. The number of nitrogens with one attached hydrogen (secondary N) is 2. The average molecular weight is 550 g/mol. The monoisotopic (exact) mass is 549 g/mol. The lowest BCUT2D eigenvalue weighted by Gasteiger charge is -2.36. The van der Waals surface area contributed by atoms with Gasteiger partial charge in [0, 0.05) is 6.54 Å². The van der Waals surface area contributed by atoms with Gasteiger partial charge in [0.2, 0.25) is 11.8 Å². The molecule has 3 N–H and O–H groups in total. The molecule has 4 atom stereocenters. The number of carboxylic acids is 1. The topological polar surface area (TPSA) is 142 Å². The van der Waals surface area contributed by atoms with Gasteiger partial charge in [0.1, 0.15) is 17.7 Å². The first-order chi connectivity index (χ1) is 18.3. The first-order valence-electron chi connectivity index (χ1n) is 14.7. The van der Waals surface area contributed by atoms with Gasteiger partial charge in [-0.2, -0.15) is 0 Å². The van der Waals surface area contributed by atoms with E-state index >= 15 is 0 Å².